The molecule has 0 radical (unpaired) electrons. The molecule has 0 aliphatic carbocycles. The zero-order valence-electron chi connectivity index (χ0n) is 9.88. The zero-order valence-corrected chi connectivity index (χ0v) is 13.0. The van der Waals surface area contributed by atoms with E-state index in [4.69, 9.17) is 23.2 Å². The monoisotopic (exact) mass is 358 g/mol. The third-order valence-electron chi connectivity index (χ3n) is 2.46. The number of carbonyl (C=O) groups excluding carboxylic acids is 1. The van der Waals surface area contributed by atoms with Gasteiger partial charge in [0, 0.05) is 4.47 Å². The van der Waals surface area contributed by atoms with Crippen LogP contribution in [-0.2, 0) is 0 Å². The number of amides is 1. The number of hydrogen-bond donors (Lipinski definition) is 1. The molecule has 1 amide bonds. The number of anilines is 1. The van der Waals surface area contributed by atoms with Gasteiger partial charge in [0.1, 0.15) is 0 Å². The first kappa shape index (κ1) is 14.3. The first-order valence-electron chi connectivity index (χ1n) is 5.37. The summed E-state index contributed by atoms with van der Waals surface area (Å²) in [7, 11) is 0. The van der Waals surface area contributed by atoms with E-state index in [2.05, 4.69) is 26.2 Å². The van der Waals surface area contributed by atoms with Crippen LogP contribution in [0.25, 0.3) is 0 Å². The van der Waals surface area contributed by atoms with Crippen LogP contribution in [0, 0.1) is 6.92 Å². The summed E-state index contributed by atoms with van der Waals surface area (Å²) in [6.45, 7) is 1.74. The van der Waals surface area contributed by atoms with Gasteiger partial charge in [0.05, 0.1) is 21.3 Å². The molecule has 0 atom stereocenters. The smallest absolute Gasteiger partial charge is 0.258 e. The minimum Gasteiger partial charge on any atom is -0.305 e. The molecule has 2 rings (SSSR count). The van der Waals surface area contributed by atoms with Gasteiger partial charge in [-0.2, -0.15) is 0 Å². The second-order valence-electron chi connectivity index (χ2n) is 3.82. The molecule has 0 saturated heterocycles. The van der Waals surface area contributed by atoms with Gasteiger partial charge in [0.2, 0.25) is 0 Å². The Balaban J connectivity index is 2.30. The van der Waals surface area contributed by atoms with Crippen LogP contribution < -0.4 is 5.32 Å². The van der Waals surface area contributed by atoms with Crippen molar-refractivity contribution in [3.63, 3.8) is 0 Å². The predicted octanol–water partition coefficient (Wildman–Crippen LogP) is 4.71. The Morgan fingerprint density at radius 2 is 1.95 bits per heavy atom. The highest BCUT2D eigenvalue weighted by Gasteiger charge is 2.13. The molecule has 0 fully saturated rings. The maximum Gasteiger partial charge on any atom is 0.258 e. The highest BCUT2D eigenvalue weighted by Crippen LogP contribution is 2.26. The fraction of sp³-hybridized carbons (Fsp3) is 0.0769. The average molecular weight is 360 g/mol. The second-order valence-corrected chi connectivity index (χ2v) is 5.49. The standard InChI is InChI=1S/C13H9BrCl2N2O/c1-7-10(15)6-11(16)12(17-7)18-13(19)8-4-2-3-5-9(8)14/h2-6H,1H3,(H,17,18,19). The summed E-state index contributed by atoms with van der Waals surface area (Å²) in [5.74, 6) is 0.00733. The van der Waals surface area contributed by atoms with Crippen LogP contribution >= 0.6 is 39.1 Å². The normalized spacial score (nSPS) is 10.3. The molecular formula is C13H9BrCl2N2O. The van der Waals surface area contributed by atoms with E-state index >= 15 is 0 Å². The highest BCUT2D eigenvalue weighted by atomic mass is 79.9. The molecule has 2 aromatic rings. The molecule has 1 N–H and O–H groups in total. The zero-order chi connectivity index (χ0) is 14.0. The SMILES string of the molecule is Cc1nc(NC(=O)c2ccccc2Br)c(Cl)cc1Cl. The van der Waals surface area contributed by atoms with Crippen LogP contribution in [0.15, 0.2) is 34.8 Å². The van der Waals surface area contributed by atoms with Gasteiger partial charge in [0.25, 0.3) is 5.91 Å². The third-order valence-corrected chi connectivity index (χ3v) is 3.82. The number of aryl methyl sites for hydroxylation is 1. The topological polar surface area (TPSA) is 42.0 Å². The average Bonchev–Trinajstić information content (AvgIpc) is 2.36. The van der Waals surface area contributed by atoms with E-state index in [1.54, 1.807) is 31.2 Å². The van der Waals surface area contributed by atoms with Gasteiger partial charge in [-0.15, -0.1) is 0 Å². The molecule has 1 aromatic heterocycles. The molecule has 1 aromatic carbocycles. The molecule has 3 nitrogen and oxygen atoms in total. The molecule has 0 aliphatic heterocycles. The van der Waals surface area contributed by atoms with Gasteiger partial charge in [-0.25, -0.2) is 4.98 Å². The number of rotatable bonds is 2. The van der Waals surface area contributed by atoms with E-state index < -0.39 is 0 Å². The molecule has 0 unspecified atom stereocenters. The molecule has 19 heavy (non-hydrogen) atoms. The Labute approximate surface area is 129 Å². The number of nitrogens with one attached hydrogen (secondary N) is 1. The lowest BCUT2D eigenvalue weighted by Gasteiger charge is -2.09. The number of nitrogens with zero attached hydrogens (tertiary/aromatic N) is 1. The van der Waals surface area contributed by atoms with Crippen molar-refractivity contribution in [2.45, 2.75) is 6.92 Å². The van der Waals surface area contributed by atoms with Crippen molar-refractivity contribution in [2.75, 3.05) is 5.32 Å². The van der Waals surface area contributed by atoms with E-state index in [0.29, 0.717) is 31.6 Å². The largest absolute Gasteiger partial charge is 0.305 e. The molecule has 1 heterocycles. The van der Waals surface area contributed by atoms with Crippen molar-refractivity contribution in [1.82, 2.24) is 4.98 Å². The highest BCUT2D eigenvalue weighted by molar-refractivity contribution is 9.10. The summed E-state index contributed by atoms with van der Waals surface area (Å²) >= 11 is 15.2. The summed E-state index contributed by atoms with van der Waals surface area (Å²) in [6.07, 6.45) is 0. The summed E-state index contributed by atoms with van der Waals surface area (Å²) < 4.78 is 0.703. The Hall–Kier alpha value is -1.10. The van der Waals surface area contributed by atoms with Gasteiger partial charge < -0.3 is 5.32 Å². The van der Waals surface area contributed by atoms with E-state index in [-0.39, 0.29) is 5.91 Å². The maximum atomic E-state index is 12.1. The van der Waals surface area contributed by atoms with Crippen LogP contribution in [-0.4, -0.2) is 10.9 Å². The second kappa shape index (κ2) is 5.90. The van der Waals surface area contributed by atoms with Crippen molar-refractivity contribution < 1.29 is 4.79 Å². The first-order chi connectivity index (χ1) is 8.99. The quantitative estimate of drug-likeness (QED) is 0.843. The fourth-order valence-electron chi connectivity index (χ4n) is 1.47. The number of hydrogen-bond acceptors (Lipinski definition) is 2. The number of benzene rings is 1. The summed E-state index contributed by atoms with van der Waals surface area (Å²) in [5.41, 5.74) is 1.11. The van der Waals surface area contributed by atoms with Crippen LogP contribution in [0.1, 0.15) is 16.1 Å². The molecule has 0 spiro atoms. The van der Waals surface area contributed by atoms with E-state index in [1.165, 1.54) is 0 Å². The molecule has 0 saturated carbocycles. The van der Waals surface area contributed by atoms with Crippen molar-refractivity contribution >= 4 is 50.9 Å². The maximum absolute atomic E-state index is 12.1. The lowest BCUT2D eigenvalue weighted by atomic mass is 10.2. The number of carbonyl (C=O) groups is 1. The Kier molecular flexibility index (Phi) is 4.45. The van der Waals surface area contributed by atoms with Gasteiger partial charge >= 0.3 is 0 Å². The van der Waals surface area contributed by atoms with Crippen LogP contribution in [0.4, 0.5) is 5.82 Å². The Bertz CT molecular complexity index is 647. The van der Waals surface area contributed by atoms with E-state index in [0.717, 1.165) is 0 Å². The van der Waals surface area contributed by atoms with E-state index in [9.17, 15) is 4.79 Å². The summed E-state index contributed by atoms with van der Waals surface area (Å²) in [6, 6.07) is 8.66. The minimum absolute atomic E-state index is 0.288. The Morgan fingerprint density at radius 1 is 1.26 bits per heavy atom. The van der Waals surface area contributed by atoms with Crippen molar-refractivity contribution in [1.29, 1.82) is 0 Å². The van der Waals surface area contributed by atoms with Gasteiger partial charge in [-0.3, -0.25) is 4.79 Å². The number of aromatic nitrogens is 1. The molecular weight excluding hydrogens is 351 g/mol. The van der Waals surface area contributed by atoms with Gasteiger partial charge in [-0.05, 0) is 41.1 Å². The lowest BCUT2D eigenvalue weighted by molar-refractivity contribution is 0.102. The van der Waals surface area contributed by atoms with Gasteiger partial charge in [0.15, 0.2) is 5.82 Å². The van der Waals surface area contributed by atoms with Crippen molar-refractivity contribution in [2.24, 2.45) is 0 Å². The van der Waals surface area contributed by atoms with Crippen molar-refractivity contribution in [3.8, 4) is 0 Å². The number of halogens is 3. The Morgan fingerprint density at radius 3 is 2.63 bits per heavy atom. The number of pyridine rings is 1. The van der Waals surface area contributed by atoms with Crippen LogP contribution in [0.2, 0.25) is 10.0 Å². The summed E-state index contributed by atoms with van der Waals surface area (Å²) in [4.78, 5) is 16.3. The van der Waals surface area contributed by atoms with Crippen LogP contribution in [0.5, 0.6) is 0 Å². The third kappa shape index (κ3) is 3.26. The molecule has 0 bridgehead atoms. The predicted molar refractivity (Wildman–Crippen MR) is 81.1 cm³/mol. The van der Waals surface area contributed by atoms with Crippen LogP contribution in [0.3, 0.4) is 0 Å². The molecule has 6 heteroatoms. The molecule has 98 valence electrons. The fourth-order valence-corrected chi connectivity index (χ4v) is 2.34. The summed E-state index contributed by atoms with van der Waals surface area (Å²) in [5, 5.41) is 3.43. The van der Waals surface area contributed by atoms with Gasteiger partial charge in [-0.1, -0.05) is 35.3 Å². The minimum atomic E-state index is -0.288. The van der Waals surface area contributed by atoms with Crippen molar-refractivity contribution in [3.05, 3.63) is 56.1 Å². The van der Waals surface area contributed by atoms with E-state index in [1.807, 2.05) is 6.07 Å². The lowest BCUT2D eigenvalue weighted by Crippen LogP contribution is -2.14. The molecule has 0 aliphatic rings. The first-order valence-corrected chi connectivity index (χ1v) is 6.92.